The predicted octanol–water partition coefficient (Wildman–Crippen LogP) is 4.49. The molecule has 3 aliphatic carbocycles. The molecule has 0 radical (unpaired) electrons. The Morgan fingerprint density at radius 3 is 2.79 bits per heavy atom. The van der Waals surface area contributed by atoms with Crippen molar-refractivity contribution in [3.05, 3.63) is 12.3 Å². The first-order valence-electron chi connectivity index (χ1n) is 8.55. The second kappa shape index (κ2) is 4.02. The van der Waals surface area contributed by atoms with Gasteiger partial charge in [-0.15, -0.1) is 0 Å². The van der Waals surface area contributed by atoms with Gasteiger partial charge in [0.2, 0.25) is 0 Å². The van der Waals surface area contributed by atoms with E-state index in [0.29, 0.717) is 10.8 Å². The van der Waals surface area contributed by atoms with Gasteiger partial charge >= 0.3 is 0 Å². The Morgan fingerprint density at radius 1 is 1.00 bits per heavy atom. The van der Waals surface area contributed by atoms with Crippen molar-refractivity contribution in [2.75, 3.05) is 0 Å². The van der Waals surface area contributed by atoms with Crippen LogP contribution >= 0.6 is 0 Å². The summed E-state index contributed by atoms with van der Waals surface area (Å²) in [7, 11) is 0. The Morgan fingerprint density at radius 2 is 1.89 bits per heavy atom. The fourth-order valence-corrected chi connectivity index (χ4v) is 6.51. The third-order valence-corrected chi connectivity index (χ3v) is 7.62. The number of allylic oxidation sites excluding steroid dienone is 1. The molecule has 0 aromatic carbocycles. The summed E-state index contributed by atoms with van der Waals surface area (Å²) in [5.74, 6) is 3.07. The van der Waals surface area contributed by atoms with Crippen LogP contribution in [0.3, 0.4) is 0 Å². The summed E-state index contributed by atoms with van der Waals surface area (Å²) < 4.78 is 0. The molecular weight excluding hydrogens is 230 g/mol. The molecule has 4 rings (SSSR count). The minimum atomic E-state index is 0.543. The van der Waals surface area contributed by atoms with Gasteiger partial charge in [0.05, 0.1) is 0 Å². The Balaban J connectivity index is 1.67. The normalized spacial score (nSPS) is 55.9. The second-order valence-electron chi connectivity index (χ2n) is 8.37. The Hall–Kier alpha value is -0.460. The lowest BCUT2D eigenvalue weighted by Gasteiger charge is -2.59. The van der Waals surface area contributed by atoms with Gasteiger partial charge < -0.3 is 5.32 Å². The molecule has 6 atom stereocenters. The molecule has 0 amide bonds. The van der Waals surface area contributed by atoms with Crippen LogP contribution in [0.15, 0.2) is 12.3 Å². The van der Waals surface area contributed by atoms with Crippen LogP contribution in [0.2, 0.25) is 0 Å². The van der Waals surface area contributed by atoms with Crippen LogP contribution in [-0.2, 0) is 0 Å². The summed E-state index contributed by atoms with van der Waals surface area (Å²) in [5, 5.41) is 3.68. The molecule has 0 aromatic heterocycles. The van der Waals surface area contributed by atoms with E-state index < -0.39 is 0 Å². The van der Waals surface area contributed by atoms with Gasteiger partial charge in [0.1, 0.15) is 0 Å². The molecule has 3 saturated carbocycles. The summed E-state index contributed by atoms with van der Waals surface area (Å²) >= 11 is 0. The van der Waals surface area contributed by atoms with Crippen LogP contribution in [0.4, 0.5) is 0 Å². The smallest absolute Gasteiger partial charge is 0.0315 e. The highest BCUT2D eigenvalue weighted by Crippen LogP contribution is 2.63. The average molecular weight is 259 g/mol. The van der Waals surface area contributed by atoms with Gasteiger partial charge in [-0.1, -0.05) is 26.3 Å². The summed E-state index contributed by atoms with van der Waals surface area (Å²) in [4.78, 5) is 0. The number of hydrogen-bond donors (Lipinski definition) is 1. The largest absolute Gasteiger partial charge is 0.388 e. The van der Waals surface area contributed by atoms with Crippen molar-refractivity contribution in [3.8, 4) is 0 Å². The van der Waals surface area contributed by atoms with Crippen molar-refractivity contribution in [1.82, 2.24) is 5.32 Å². The maximum atomic E-state index is 3.68. The lowest BCUT2D eigenvalue weighted by molar-refractivity contribution is -0.0713. The first-order valence-corrected chi connectivity index (χ1v) is 8.55. The van der Waals surface area contributed by atoms with Crippen LogP contribution in [0.25, 0.3) is 0 Å². The van der Waals surface area contributed by atoms with Crippen molar-refractivity contribution < 1.29 is 0 Å². The number of rotatable bonds is 0. The molecule has 1 heterocycles. The van der Waals surface area contributed by atoms with E-state index in [2.05, 4.69) is 31.4 Å². The van der Waals surface area contributed by atoms with Crippen molar-refractivity contribution in [1.29, 1.82) is 0 Å². The van der Waals surface area contributed by atoms with E-state index >= 15 is 0 Å². The Labute approximate surface area is 118 Å². The molecule has 4 aliphatic rings. The molecule has 1 N–H and O–H groups in total. The lowest BCUT2D eigenvalue weighted by Crippen LogP contribution is -2.57. The van der Waals surface area contributed by atoms with Crippen LogP contribution in [0.1, 0.15) is 65.2 Å². The van der Waals surface area contributed by atoms with Crippen molar-refractivity contribution in [3.63, 3.8) is 0 Å². The fraction of sp³-hybridized carbons (Fsp3) is 0.889. The molecule has 106 valence electrons. The van der Waals surface area contributed by atoms with E-state index in [0.717, 1.165) is 23.8 Å². The second-order valence-corrected chi connectivity index (χ2v) is 8.37. The van der Waals surface area contributed by atoms with Crippen LogP contribution < -0.4 is 5.32 Å². The first kappa shape index (κ1) is 12.3. The van der Waals surface area contributed by atoms with Crippen molar-refractivity contribution >= 4 is 0 Å². The maximum Gasteiger partial charge on any atom is 0.0315 e. The third kappa shape index (κ3) is 1.59. The van der Waals surface area contributed by atoms with E-state index in [4.69, 9.17) is 0 Å². The minimum Gasteiger partial charge on any atom is -0.388 e. The van der Waals surface area contributed by atoms with Crippen molar-refractivity contribution in [2.45, 2.75) is 71.3 Å². The van der Waals surface area contributed by atoms with E-state index in [1.54, 1.807) is 0 Å². The highest BCUT2D eigenvalue weighted by molar-refractivity contribution is 5.12. The van der Waals surface area contributed by atoms with E-state index in [9.17, 15) is 0 Å². The molecule has 1 aliphatic heterocycles. The van der Waals surface area contributed by atoms with Gasteiger partial charge in [-0.3, -0.25) is 0 Å². The lowest BCUT2D eigenvalue weighted by atomic mass is 9.48. The quantitative estimate of drug-likeness (QED) is 0.675. The standard InChI is InChI=1S/C18H29N/c1-17-9-3-5-14(17)13-6-7-16-18(2,10-4-12-19-16)15(13)8-11-17/h4,12-16,19H,3,5-11H2,1-2H3/t13-,14-,15-,16?,17-,18+/m0/s1. The minimum absolute atomic E-state index is 0.543. The summed E-state index contributed by atoms with van der Waals surface area (Å²) in [5.41, 5.74) is 1.25. The van der Waals surface area contributed by atoms with E-state index in [1.807, 2.05) is 0 Å². The van der Waals surface area contributed by atoms with Crippen LogP contribution in [0.5, 0.6) is 0 Å². The summed E-state index contributed by atoms with van der Waals surface area (Å²) in [6, 6.07) is 0.754. The average Bonchev–Trinajstić information content (AvgIpc) is 2.79. The van der Waals surface area contributed by atoms with Crippen molar-refractivity contribution in [2.24, 2.45) is 28.6 Å². The van der Waals surface area contributed by atoms with Gasteiger partial charge in [-0.25, -0.2) is 0 Å². The van der Waals surface area contributed by atoms with Gasteiger partial charge in [0.25, 0.3) is 0 Å². The molecule has 0 spiro atoms. The van der Waals surface area contributed by atoms with Gasteiger partial charge in [0, 0.05) is 6.04 Å². The van der Waals surface area contributed by atoms with E-state index in [1.165, 1.54) is 51.4 Å². The molecule has 0 bridgehead atoms. The first-order chi connectivity index (χ1) is 9.13. The zero-order valence-corrected chi connectivity index (χ0v) is 12.6. The maximum absolute atomic E-state index is 3.68. The highest BCUT2D eigenvalue weighted by atomic mass is 14.9. The monoisotopic (exact) mass is 259 g/mol. The number of fused-ring (bicyclic) bond motifs is 5. The zero-order chi connectivity index (χ0) is 13.1. The number of hydrogen-bond acceptors (Lipinski definition) is 1. The summed E-state index contributed by atoms with van der Waals surface area (Å²) in [6.07, 6.45) is 16.4. The molecule has 0 aromatic rings. The third-order valence-electron chi connectivity index (χ3n) is 7.62. The zero-order valence-electron chi connectivity index (χ0n) is 12.6. The Kier molecular flexibility index (Phi) is 2.60. The predicted molar refractivity (Wildman–Crippen MR) is 79.7 cm³/mol. The topological polar surface area (TPSA) is 12.0 Å². The molecule has 1 heteroatoms. The molecule has 19 heavy (non-hydrogen) atoms. The van der Waals surface area contributed by atoms with Gasteiger partial charge in [-0.2, -0.15) is 0 Å². The highest BCUT2D eigenvalue weighted by Gasteiger charge is 2.56. The van der Waals surface area contributed by atoms with E-state index in [-0.39, 0.29) is 0 Å². The van der Waals surface area contributed by atoms with Gasteiger partial charge in [-0.05, 0) is 79.7 Å². The Bertz CT molecular complexity index is 400. The SMILES string of the molecule is C[C@@]12CCC[C@H]1[C@@H]1CCC3NC=CC[C@]3(C)[C@H]1CC2. The number of nitrogens with one attached hydrogen (secondary N) is 1. The molecule has 1 nitrogen and oxygen atoms in total. The molecule has 3 fully saturated rings. The molecule has 1 unspecified atom stereocenters. The molecule has 0 saturated heterocycles. The summed E-state index contributed by atoms with van der Waals surface area (Å²) in [6.45, 7) is 5.19. The fourth-order valence-electron chi connectivity index (χ4n) is 6.51. The van der Waals surface area contributed by atoms with Crippen LogP contribution in [0, 0.1) is 28.6 Å². The van der Waals surface area contributed by atoms with Crippen LogP contribution in [-0.4, -0.2) is 6.04 Å². The molecular formula is C18H29N. The van der Waals surface area contributed by atoms with Gasteiger partial charge in [0.15, 0.2) is 0 Å².